The zero-order valence-electron chi connectivity index (χ0n) is 17.6. The first-order valence-electron chi connectivity index (χ1n) is 10.9. The molecule has 1 aliphatic rings. The van der Waals surface area contributed by atoms with Gasteiger partial charge in [0.15, 0.2) is 5.13 Å². The summed E-state index contributed by atoms with van der Waals surface area (Å²) < 4.78 is 5.69. The van der Waals surface area contributed by atoms with Gasteiger partial charge >= 0.3 is 0 Å². The van der Waals surface area contributed by atoms with E-state index >= 15 is 0 Å². The maximum absolute atomic E-state index is 13.2. The highest BCUT2D eigenvalue weighted by Crippen LogP contribution is 2.25. The number of hydrogen-bond donors (Lipinski definition) is 1. The summed E-state index contributed by atoms with van der Waals surface area (Å²) in [6.45, 7) is 3.44. The molecule has 1 N–H and O–H groups in total. The number of unbranched alkanes of at least 4 members (excludes halogenated alkanes) is 1. The van der Waals surface area contributed by atoms with Gasteiger partial charge in [0.05, 0.1) is 6.61 Å². The van der Waals surface area contributed by atoms with Crippen LogP contribution in [0.25, 0.3) is 0 Å². The first-order valence-corrected chi connectivity index (χ1v) is 11.7. The van der Waals surface area contributed by atoms with Gasteiger partial charge in [0.1, 0.15) is 12.3 Å². The third kappa shape index (κ3) is 6.83. The monoisotopic (exact) mass is 429 g/mol. The molecule has 0 radical (unpaired) electrons. The molecule has 1 fully saturated rings. The first kappa shape index (κ1) is 22.3. The number of rotatable bonds is 10. The second-order valence-corrected chi connectivity index (χ2v) is 8.70. The normalized spacial score (nSPS) is 14.3. The van der Waals surface area contributed by atoms with E-state index in [9.17, 15) is 9.59 Å². The molecule has 7 heteroatoms. The first-order chi connectivity index (χ1) is 14.7. The van der Waals surface area contributed by atoms with Crippen LogP contribution in [0, 0.1) is 5.92 Å². The molecule has 0 spiro atoms. The van der Waals surface area contributed by atoms with E-state index < -0.39 is 0 Å². The average molecular weight is 430 g/mol. The number of amides is 2. The minimum Gasteiger partial charge on any atom is -0.494 e. The van der Waals surface area contributed by atoms with Gasteiger partial charge in [-0.05, 0) is 49.4 Å². The number of carbonyl (C=O) groups is 2. The maximum atomic E-state index is 13.2. The molecule has 30 heavy (non-hydrogen) atoms. The van der Waals surface area contributed by atoms with Gasteiger partial charge in [-0.2, -0.15) is 0 Å². The van der Waals surface area contributed by atoms with Crippen LogP contribution in [0.2, 0.25) is 0 Å². The van der Waals surface area contributed by atoms with E-state index in [0.717, 1.165) is 31.4 Å². The zero-order valence-corrected chi connectivity index (χ0v) is 18.5. The highest BCUT2D eigenvalue weighted by atomic mass is 32.1. The van der Waals surface area contributed by atoms with Gasteiger partial charge < -0.3 is 15.0 Å². The summed E-state index contributed by atoms with van der Waals surface area (Å²) in [6, 6.07) is 7.24. The van der Waals surface area contributed by atoms with Gasteiger partial charge in [0.2, 0.25) is 5.91 Å². The summed E-state index contributed by atoms with van der Waals surface area (Å²) in [5.74, 6) is 0.885. The highest BCUT2D eigenvalue weighted by Gasteiger charge is 2.24. The number of carbonyl (C=O) groups excluding carboxylic acids is 2. The van der Waals surface area contributed by atoms with Gasteiger partial charge in [-0.1, -0.05) is 32.6 Å². The van der Waals surface area contributed by atoms with E-state index in [2.05, 4.69) is 17.2 Å². The lowest BCUT2D eigenvalue weighted by atomic mass is 9.89. The largest absolute Gasteiger partial charge is 0.494 e. The fourth-order valence-corrected chi connectivity index (χ4v) is 4.27. The number of benzene rings is 1. The molecule has 0 unspecified atom stereocenters. The second-order valence-electron chi connectivity index (χ2n) is 7.80. The van der Waals surface area contributed by atoms with Crippen molar-refractivity contribution >= 4 is 28.3 Å². The van der Waals surface area contributed by atoms with Crippen molar-refractivity contribution in [1.29, 1.82) is 0 Å². The molecule has 6 nitrogen and oxygen atoms in total. The summed E-state index contributed by atoms with van der Waals surface area (Å²) in [6.07, 6.45) is 9.61. The molecule has 2 aromatic rings. The standard InChI is InChI=1S/C23H31N3O3S/c1-2-3-14-29-20-11-9-19(10-12-20)22(28)26(16-18-7-5-4-6-8-18)17-21(27)25-23-24-13-15-30-23/h9-13,15,18H,2-8,14,16-17H2,1H3,(H,24,25,27). The van der Waals surface area contributed by atoms with Crippen LogP contribution in [0.3, 0.4) is 0 Å². The number of nitrogens with one attached hydrogen (secondary N) is 1. The third-order valence-electron chi connectivity index (χ3n) is 5.37. The molecule has 162 valence electrons. The van der Waals surface area contributed by atoms with Crippen LogP contribution in [-0.2, 0) is 4.79 Å². The van der Waals surface area contributed by atoms with Gasteiger partial charge in [-0.25, -0.2) is 4.98 Å². The Hall–Kier alpha value is -2.41. The molecule has 1 saturated carbocycles. The van der Waals surface area contributed by atoms with Crippen molar-refractivity contribution < 1.29 is 14.3 Å². The molecular weight excluding hydrogens is 398 g/mol. The lowest BCUT2D eigenvalue weighted by molar-refractivity contribution is -0.117. The number of nitrogens with zero attached hydrogens (tertiary/aromatic N) is 2. The number of ether oxygens (including phenoxy) is 1. The van der Waals surface area contributed by atoms with Crippen LogP contribution in [0.15, 0.2) is 35.8 Å². The van der Waals surface area contributed by atoms with Gasteiger partial charge in [-0.15, -0.1) is 11.3 Å². The molecule has 1 aromatic heterocycles. The summed E-state index contributed by atoms with van der Waals surface area (Å²) in [5, 5.41) is 5.15. The number of anilines is 1. The van der Waals surface area contributed by atoms with Crippen molar-refractivity contribution in [3.8, 4) is 5.75 Å². The van der Waals surface area contributed by atoms with Crippen molar-refractivity contribution in [1.82, 2.24) is 9.88 Å². The number of hydrogen-bond acceptors (Lipinski definition) is 5. The van der Waals surface area contributed by atoms with Crippen molar-refractivity contribution in [3.05, 3.63) is 41.4 Å². The second kappa shape index (κ2) is 11.7. The molecule has 0 bridgehead atoms. The summed E-state index contributed by atoms with van der Waals surface area (Å²) in [7, 11) is 0. The lowest BCUT2D eigenvalue weighted by Crippen LogP contribution is -2.41. The summed E-state index contributed by atoms with van der Waals surface area (Å²) >= 11 is 1.37. The highest BCUT2D eigenvalue weighted by molar-refractivity contribution is 7.13. The minimum atomic E-state index is -0.214. The van der Waals surface area contributed by atoms with E-state index in [1.54, 1.807) is 23.2 Å². The maximum Gasteiger partial charge on any atom is 0.254 e. The molecule has 2 amide bonds. The quantitative estimate of drug-likeness (QED) is 0.541. The van der Waals surface area contributed by atoms with Crippen LogP contribution in [0.4, 0.5) is 5.13 Å². The van der Waals surface area contributed by atoms with Crippen molar-refractivity contribution in [3.63, 3.8) is 0 Å². The summed E-state index contributed by atoms with van der Waals surface area (Å²) in [4.78, 5) is 31.5. The van der Waals surface area contributed by atoms with Crippen molar-refractivity contribution in [2.24, 2.45) is 5.92 Å². The van der Waals surface area contributed by atoms with E-state index in [1.807, 2.05) is 17.5 Å². The number of aromatic nitrogens is 1. The van der Waals surface area contributed by atoms with Crippen molar-refractivity contribution in [2.45, 2.75) is 51.9 Å². The Labute approximate surface area is 182 Å². The third-order valence-corrected chi connectivity index (χ3v) is 6.06. The average Bonchev–Trinajstić information content (AvgIpc) is 3.27. The van der Waals surface area contributed by atoms with E-state index in [1.165, 1.54) is 30.6 Å². The smallest absolute Gasteiger partial charge is 0.254 e. The fraction of sp³-hybridized carbons (Fsp3) is 0.522. The predicted octanol–water partition coefficient (Wildman–Crippen LogP) is 4.98. The SMILES string of the molecule is CCCCOc1ccc(C(=O)N(CC(=O)Nc2nccs2)CC2CCCCC2)cc1. The van der Waals surface area contributed by atoms with E-state index in [0.29, 0.717) is 29.8 Å². The topological polar surface area (TPSA) is 71.5 Å². The minimum absolute atomic E-state index is 0.0314. The molecular formula is C23H31N3O3S. The van der Waals surface area contributed by atoms with Gasteiger partial charge in [0.25, 0.3) is 5.91 Å². The van der Waals surface area contributed by atoms with Crippen molar-refractivity contribution in [2.75, 3.05) is 25.0 Å². The van der Waals surface area contributed by atoms with E-state index in [4.69, 9.17) is 4.74 Å². The molecule has 3 rings (SSSR count). The van der Waals surface area contributed by atoms with Crippen LogP contribution in [0.1, 0.15) is 62.2 Å². The molecule has 0 aliphatic heterocycles. The Morgan fingerprint density at radius 1 is 1.20 bits per heavy atom. The Balaban J connectivity index is 1.66. The summed E-state index contributed by atoms with van der Waals surface area (Å²) in [5.41, 5.74) is 0.579. The lowest BCUT2D eigenvalue weighted by Gasteiger charge is -2.29. The zero-order chi connectivity index (χ0) is 21.2. The molecule has 1 aliphatic carbocycles. The van der Waals surface area contributed by atoms with Crippen LogP contribution in [-0.4, -0.2) is 41.4 Å². The van der Waals surface area contributed by atoms with Crippen LogP contribution >= 0.6 is 11.3 Å². The Morgan fingerprint density at radius 2 is 1.97 bits per heavy atom. The Bertz CT molecular complexity index is 787. The molecule has 0 saturated heterocycles. The van der Waals surface area contributed by atoms with Gasteiger partial charge in [0, 0.05) is 23.7 Å². The van der Waals surface area contributed by atoms with Crippen LogP contribution < -0.4 is 10.1 Å². The Morgan fingerprint density at radius 3 is 2.63 bits per heavy atom. The molecule has 1 heterocycles. The predicted molar refractivity (Wildman–Crippen MR) is 120 cm³/mol. The van der Waals surface area contributed by atoms with E-state index in [-0.39, 0.29) is 18.4 Å². The van der Waals surface area contributed by atoms with Gasteiger partial charge in [-0.3, -0.25) is 9.59 Å². The fourth-order valence-electron chi connectivity index (χ4n) is 3.73. The molecule has 0 atom stereocenters. The Kier molecular flexibility index (Phi) is 8.68. The molecule has 1 aromatic carbocycles. The van der Waals surface area contributed by atoms with Crippen LogP contribution in [0.5, 0.6) is 5.75 Å². The number of thiazole rings is 1.